The third-order valence-electron chi connectivity index (χ3n) is 7.29. The molecule has 2 aliphatic rings. The summed E-state index contributed by atoms with van der Waals surface area (Å²) >= 11 is 0. The lowest BCUT2D eigenvalue weighted by atomic mass is 9.88. The summed E-state index contributed by atoms with van der Waals surface area (Å²) in [5.74, 6) is -1.59. The Morgan fingerprint density at radius 2 is 1.84 bits per heavy atom. The van der Waals surface area contributed by atoms with E-state index in [1.165, 1.54) is 0 Å². The molecule has 0 saturated carbocycles. The second-order valence-corrected chi connectivity index (χ2v) is 9.94. The molecule has 0 unspecified atom stereocenters. The lowest BCUT2D eigenvalue weighted by molar-refractivity contribution is -0.155. The van der Waals surface area contributed by atoms with Gasteiger partial charge in [-0.25, -0.2) is 8.78 Å². The molecule has 5 nitrogen and oxygen atoms in total. The number of H-pyrrole nitrogens is 1. The molecule has 1 fully saturated rings. The van der Waals surface area contributed by atoms with E-state index < -0.39 is 42.0 Å². The van der Waals surface area contributed by atoms with Crippen LogP contribution in [0.2, 0.25) is 0 Å². The first-order valence-electron chi connectivity index (χ1n) is 12.3. The van der Waals surface area contributed by atoms with E-state index >= 15 is 8.78 Å². The highest BCUT2D eigenvalue weighted by atomic mass is 19.4. The smallest absolute Gasteiger partial charge is 0.401 e. The van der Waals surface area contributed by atoms with Crippen LogP contribution < -0.4 is 4.74 Å². The lowest BCUT2D eigenvalue weighted by Gasteiger charge is -2.41. The van der Waals surface area contributed by atoms with Crippen molar-refractivity contribution in [2.75, 3.05) is 32.8 Å². The number of hydrogen-bond donors (Lipinski definition) is 1. The first-order valence-corrected chi connectivity index (χ1v) is 12.3. The van der Waals surface area contributed by atoms with Gasteiger partial charge in [0.05, 0.1) is 18.7 Å². The zero-order chi connectivity index (χ0) is 26.3. The molecule has 10 heteroatoms. The molecule has 37 heavy (non-hydrogen) atoms. The fraction of sp³-hybridized carbons (Fsp3) is 0.444. The predicted octanol–water partition coefficient (Wildman–Crippen LogP) is 5.57. The van der Waals surface area contributed by atoms with Crippen LogP contribution in [0.1, 0.15) is 36.2 Å². The number of nitrogens with zero attached hydrogens (tertiary/aromatic N) is 3. The van der Waals surface area contributed by atoms with Crippen LogP contribution in [0, 0.1) is 28.9 Å². The Labute approximate surface area is 211 Å². The number of likely N-dealkylation sites (tertiary alicyclic amines) is 1. The molecule has 0 amide bonds. The fourth-order valence-corrected chi connectivity index (χ4v) is 5.59. The third kappa shape index (κ3) is 5.15. The SMILES string of the molecule is C[C@@H]1Cc2c([nH]c3ccccc23)[C@@H](c2c(F)cc(OCCN3CC(CC#N)C3)cc2F)N1CC(F)(F)F. The van der Waals surface area contributed by atoms with Gasteiger partial charge in [0.25, 0.3) is 0 Å². The Hall–Kier alpha value is -3.16. The number of para-hydroxylation sites is 1. The van der Waals surface area contributed by atoms with Gasteiger partial charge in [-0.2, -0.15) is 18.4 Å². The normalized spacial score (nSPS) is 21.0. The van der Waals surface area contributed by atoms with Gasteiger partial charge in [0.15, 0.2) is 0 Å². The van der Waals surface area contributed by atoms with Crippen LogP contribution in [0.5, 0.6) is 5.75 Å². The van der Waals surface area contributed by atoms with Gasteiger partial charge in [0, 0.05) is 66.4 Å². The number of nitrogens with one attached hydrogen (secondary N) is 1. The first kappa shape index (κ1) is 25.5. The van der Waals surface area contributed by atoms with Crippen molar-refractivity contribution in [3.05, 3.63) is 64.9 Å². The lowest BCUT2D eigenvalue weighted by Crippen LogP contribution is -2.48. The van der Waals surface area contributed by atoms with Crippen molar-refractivity contribution in [2.45, 2.75) is 38.0 Å². The molecule has 0 aliphatic carbocycles. The van der Waals surface area contributed by atoms with E-state index in [4.69, 9.17) is 10.00 Å². The second-order valence-electron chi connectivity index (χ2n) is 9.94. The van der Waals surface area contributed by atoms with Crippen LogP contribution in [0.15, 0.2) is 36.4 Å². The summed E-state index contributed by atoms with van der Waals surface area (Å²) in [5, 5.41) is 9.57. The summed E-state index contributed by atoms with van der Waals surface area (Å²) in [6, 6.07) is 9.63. The average Bonchev–Trinajstić information content (AvgIpc) is 3.16. The summed E-state index contributed by atoms with van der Waals surface area (Å²) in [6.07, 6.45) is -3.73. The molecule has 1 aromatic heterocycles. The number of aromatic amines is 1. The van der Waals surface area contributed by atoms with Crippen LogP contribution in [0.4, 0.5) is 22.0 Å². The van der Waals surface area contributed by atoms with Crippen LogP contribution >= 0.6 is 0 Å². The largest absolute Gasteiger partial charge is 0.492 e. The minimum absolute atomic E-state index is 0.0176. The quantitative estimate of drug-likeness (QED) is 0.416. The fourth-order valence-electron chi connectivity index (χ4n) is 5.59. The van der Waals surface area contributed by atoms with Crippen LogP contribution in [0.25, 0.3) is 10.9 Å². The number of rotatable bonds is 7. The maximum atomic E-state index is 15.5. The third-order valence-corrected chi connectivity index (χ3v) is 7.29. The molecular formula is C27H27F5N4O. The summed E-state index contributed by atoms with van der Waals surface area (Å²) in [5.41, 5.74) is 1.43. The molecule has 1 saturated heterocycles. The molecule has 3 aromatic rings. The van der Waals surface area contributed by atoms with Crippen molar-refractivity contribution in [3.63, 3.8) is 0 Å². The Morgan fingerprint density at radius 3 is 2.51 bits per heavy atom. The number of hydrogen-bond acceptors (Lipinski definition) is 4. The molecule has 0 radical (unpaired) electrons. The number of benzene rings is 2. The first-order chi connectivity index (χ1) is 17.6. The van der Waals surface area contributed by atoms with Gasteiger partial charge in [-0.3, -0.25) is 9.80 Å². The van der Waals surface area contributed by atoms with Gasteiger partial charge >= 0.3 is 6.18 Å². The van der Waals surface area contributed by atoms with E-state index in [2.05, 4.69) is 16.0 Å². The highest BCUT2D eigenvalue weighted by Crippen LogP contribution is 2.44. The van der Waals surface area contributed by atoms with E-state index in [-0.39, 0.29) is 12.4 Å². The van der Waals surface area contributed by atoms with E-state index in [1.807, 2.05) is 12.1 Å². The van der Waals surface area contributed by atoms with Crippen molar-refractivity contribution < 1.29 is 26.7 Å². The standard InChI is InChI=1S/C27H27F5N4O/c1-16-10-20-19-4-2-3-5-23(19)34-25(20)26(36(16)15-27(30,31)32)24-21(28)11-18(12-22(24)29)37-9-8-35-13-17(14-35)6-7-33/h2-5,11-12,16-17,26,34H,6,8-10,13-15H2,1H3/t16-,26-/m1/s1. The molecule has 3 heterocycles. The number of ether oxygens (including phenoxy) is 1. The van der Waals surface area contributed by atoms with Gasteiger partial charge in [-0.1, -0.05) is 18.2 Å². The minimum Gasteiger partial charge on any atom is -0.492 e. The number of aromatic nitrogens is 1. The van der Waals surface area contributed by atoms with Crippen molar-refractivity contribution >= 4 is 10.9 Å². The van der Waals surface area contributed by atoms with Gasteiger partial charge in [0.2, 0.25) is 0 Å². The van der Waals surface area contributed by atoms with Crippen molar-refractivity contribution in [2.24, 2.45) is 5.92 Å². The Morgan fingerprint density at radius 1 is 1.14 bits per heavy atom. The second kappa shape index (κ2) is 9.95. The van der Waals surface area contributed by atoms with Gasteiger partial charge in [-0.15, -0.1) is 0 Å². The molecule has 5 rings (SSSR count). The summed E-state index contributed by atoms with van der Waals surface area (Å²) in [7, 11) is 0. The maximum Gasteiger partial charge on any atom is 0.401 e. The van der Waals surface area contributed by atoms with Crippen molar-refractivity contribution in [1.29, 1.82) is 5.26 Å². The van der Waals surface area contributed by atoms with Gasteiger partial charge in [-0.05, 0) is 30.9 Å². The highest BCUT2D eigenvalue weighted by molar-refractivity contribution is 5.85. The van der Waals surface area contributed by atoms with E-state index in [0.29, 0.717) is 36.5 Å². The maximum absolute atomic E-state index is 15.5. The summed E-state index contributed by atoms with van der Waals surface area (Å²) < 4.78 is 77.3. The average molecular weight is 519 g/mol. The van der Waals surface area contributed by atoms with E-state index in [1.54, 1.807) is 19.1 Å². The molecule has 0 spiro atoms. The number of halogens is 5. The molecule has 2 aromatic carbocycles. The highest BCUT2D eigenvalue weighted by Gasteiger charge is 2.43. The number of fused-ring (bicyclic) bond motifs is 3. The summed E-state index contributed by atoms with van der Waals surface area (Å²) in [6.45, 7) is 2.65. The zero-order valence-electron chi connectivity index (χ0n) is 20.3. The zero-order valence-corrected chi connectivity index (χ0v) is 20.3. The number of nitriles is 1. The van der Waals surface area contributed by atoms with Crippen LogP contribution in [-0.4, -0.2) is 59.8 Å². The molecule has 1 N–H and O–H groups in total. The predicted molar refractivity (Wildman–Crippen MR) is 128 cm³/mol. The molecule has 0 bridgehead atoms. The van der Waals surface area contributed by atoms with Crippen LogP contribution in [-0.2, 0) is 6.42 Å². The Kier molecular flexibility index (Phi) is 6.86. The van der Waals surface area contributed by atoms with Crippen molar-refractivity contribution in [3.8, 4) is 11.8 Å². The van der Waals surface area contributed by atoms with E-state index in [9.17, 15) is 13.2 Å². The Balaban J connectivity index is 1.43. The van der Waals surface area contributed by atoms with Gasteiger partial charge < -0.3 is 9.72 Å². The molecular weight excluding hydrogens is 491 g/mol. The van der Waals surface area contributed by atoms with Crippen LogP contribution in [0.3, 0.4) is 0 Å². The van der Waals surface area contributed by atoms with Gasteiger partial charge in [0.1, 0.15) is 24.0 Å². The minimum atomic E-state index is -4.55. The molecule has 2 aliphatic heterocycles. The monoisotopic (exact) mass is 518 g/mol. The summed E-state index contributed by atoms with van der Waals surface area (Å²) in [4.78, 5) is 6.34. The van der Waals surface area contributed by atoms with E-state index in [0.717, 1.165) is 41.1 Å². The molecule has 196 valence electrons. The number of alkyl halides is 3. The molecule has 2 atom stereocenters. The Bertz CT molecular complexity index is 1300. The van der Waals surface area contributed by atoms with Crippen molar-refractivity contribution in [1.82, 2.24) is 14.8 Å². The topological polar surface area (TPSA) is 55.3 Å².